The van der Waals surface area contributed by atoms with Crippen LogP contribution in [0.25, 0.3) is 0 Å². The first kappa shape index (κ1) is 22.7. The van der Waals surface area contributed by atoms with E-state index in [1.807, 2.05) is 12.1 Å². The maximum absolute atomic E-state index is 12.9. The molecular weight excluding hydrogens is 392 g/mol. The quantitative estimate of drug-likeness (QED) is 0.591. The minimum absolute atomic E-state index is 0.165. The lowest BCUT2D eigenvalue weighted by Crippen LogP contribution is -3.15. The zero-order valence-corrected chi connectivity index (χ0v) is 18.4. The van der Waals surface area contributed by atoms with Gasteiger partial charge in [0.05, 0.1) is 50.4 Å². The van der Waals surface area contributed by atoms with Gasteiger partial charge in [-0.3, -0.25) is 0 Å². The van der Waals surface area contributed by atoms with Gasteiger partial charge in [0.25, 0.3) is 0 Å². The van der Waals surface area contributed by atoms with Gasteiger partial charge in [0.15, 0.2) is 0 Å². The number of sulfonamides is 1. The van der Waals surface area contributed by atoms with Crippen molar-refractivity contribution >= 4 is 10.0 Å². The molecule has 2 N–H and O–H groups in total. The summed E-state index contributed by atoms with van der Waals surface area (Å²) in [6.45, 7) is 8.69. The molecule has 1 aromatic rings. The van der Waals surface area contributed by atoms with Crippen LogP contribution >= 0.6 is 0 Å². The van der Waals surface area contributed by atoms with Gasteiger partial charge in [-0.25, -0.2) is 8.42 Å². The summed E-state index contributed by atoms with van der Waals surface area (Å²) in [4.78, 5) is 1.56. The molecule has 0 amide bonds. The second-order valence-electron chi connectivity index (χ2n) is 8.41. The molecule has 2 aliphatic heterocycles. The average molecular weight is 428 g/mol. The number of hydrogen-bond donors (Lipinski definition) is 2. The molecule has 7 nitrogen and oxygen atoms in total. The third-order valence-electron chi connectivity index (χ3n) is 5.78. The lowest BCUT2D eigenvalue weighted by Gasteiger charge is -2.32. The van der Waals surface area contributed by atoms with Crippen molar-refractivity contribution in [2.24, 2.45) is 0 Å². The Morgan fingerprint density at radius 3 is 2.52 bits per heavy atom. The number of rotatable bonds is 9. The SMILES string of the molecule is CC(C)c1ccc(S(=O)(=O)N2CC[NH+](C[C@H](O)COC[C@H]3CCCO3)CC2)cc1. The fourth-order valence-corrected chi connectivity index (χ4v) is 5.37. The van der Waals surface area contributed by atoms with Crippen LogP contribution in [0.3, 0.4) is 0 Å². The van der Waals surface area contributed by atoms with E-state index in [4.69, 9.17) is 9.47 Å². The van der Waals surface area contributed by atoms with Gasteiger partial charge >= 0.3 is 0 Å². The number of quaternary nitrogens is 1. The van der Waals surface area contributed by atoms with Crippen molar-refractivity contribution in [1.29, 1.82) is 0 Å². The van der Waals surface area contributed by atoms with Crippen LogP contribution in [0, 0.1) is 0 Å². The van der Waals surface area contributed by atoms with E-state index < -0.39 is 16.1 Å². The average Bonchev–Trinajstić information content (AvgIpc) is 3.22. The van der Waals surface area contributed by atoms with Gasteiger partial charge < -0.3 is 19.5 Å². The monoisotopic (exact) mass is 427 g/mol. The molecule has 0 radical (unpaired) electrons. The number of piperazine rings is 1. The summed E-state index contributed by atoms with van der Waals surface area (Å²) in [6.07, 6.45) is 1.73. The Bertz CT molecular complexity index is 724. The molecule has 0 spiro atoms. The van der Waals surface area contributed by atoms with Gasteiger partial charge in [0.1, 0.15) is 12.6 Å². The van der Waals surface area contributed by atoms with Crippen molar-refractivity contribution in [3.63, 3.8) is 0 Å². The summed E-state index contributed by atoms with van der Waals surface area (Å²) in [7, 11) is -3.46. The van der Waals surface area contributed by atoms with Crippen LogP contribution in [0.15, 0.2) is 29.2 Å². The Kier molecular flexibility index (Phi) is 8.07. The van der Waals surface area contributed by atoms with Gasteiger partial charge in [-0.2, -0.15) is 4.31 Å². The Morgan fingerprint density at radius 1 is 1.24 bits per heavy atom. The van der Waals surface area contributed by atoms with Gasteiger partial charge in [-0.15, -0.1) is 0 Å². The molecule has 8 heteroatoms. The van der Waals surface area contributed by atoms with E-state index in [-0.39, 0.29) is 6.10 Å². The van der Waals surface area contributed by atoms with Crippen LogP contribution < -0.4 is 4.90 Å². The van der Waals surface area contributed by atoms with E-state index >= 15 is 0 Å². The zero-order chi connectivity index (χ0) is 20.9. The third-order valence-corrected chi connectivity index (χ3v) is 7.69. The standard InChI is InChI=1S/C21H34N2O5S/c1-17(2)18-5-7-21(8-6-18)29(25,26)23-11-9-22(10-12-23)14-19(24)15-27-16-20-4-3-13-28-20/h5-8,17,19-20,24H,3-4,9-16H2,1-2H3/p+1/t19-,20+/m0/s1. The van der Waals surface area contributed by atoms with E-state index in [0.717, 1.165) is 25.0 Å². The first-order valence-corrected chi connectivity index (χ1v) is 12.1. The predicted octanol–water partition coefficient (Wildman–Crippen LogP) is 0.256. The molecule has 2 fully saturated rings. The van der Waals surface area contributed by atoms with E-state index in [1.54, 1.807) is 16.4 Å². The van der Waals surface area contributed by atoms with Crippen LogP contribution in [-0.2, 0) is 19.5 Å². The van der Waals surface area contributed by atoms with E-state index in [2.05, 4.69) is 13.8 Å². The summed E-state index contributed by atoms with van der Waals surface area (Å²) in [5, 5.41) is 10.2. The lowest BCUT2D eigenvalue weighted by atomic mass is 10.0. The smallest absolute Gasteiger partial charge is 0.243 e. The van der Waals surface area contributed by atoms with Crippen LogP contribution in [0.1, 0.15) is 38.2 Å². The molecule has 0 bridgehead atoms. The number of nitrogens with one attached hydrogen (secondary N) is 1. The first-order chi connectivity index (χ1) is 13.9. The first-order valence-electron chi connectivity index (χ1n) is 10.7. The predicted molar refractivity (Wildman–Crippen MR) is 111 cm³/mol. The van der Waals surface area contributed by atoms with Gasteiger partial charge in [0.2, 0.25) is 10.0 Å². The van der Waals surface area contributed by atoms with Crippen LogP contribution in [0.4, 0.5) is 0 Å². The highest BCUT2D eigenvalue weighted by Crippen LogP contribution is 2.20. The normalized spacial score (nSPS) is 23.0. The van der Waals surface area contributed by atoms with Crippen molar-refractivity contribution < 1.29 is 27.9 Å². The summed E-state index contributed by atoms with van der Waals surface area (Å²) in [5.41, 5.74) is 1.13. The van der Waals surface area contributed by atoms with E-state index in [0.29, 0.717) is 56.8 Å². The maximum Gasteiger partial charge on any atom is 0.243 e. The molecule has 164 valence electrons. The molecule has 2 atom stereocenters. The van der Waals surface area contributed by atoms with E-state index in [9.17, 15) is 13.5 Å². The second kappa shape index (κ2) is 10.3. The van der Waals surface area contributed by atoms with Crippen LogP contribution in [-0.4, -0.2) is 82.6 Å². The number of aliphatic hydroxyl groups is 1. The van der Waals surface area contributed by atoms with Crippen LogP contribution in [0.2, 0.25) is 0 Å². The molecule has 0 saturated carbocycles. The summed E-state index contributed by atoms with van der Waals surface area (Å²) < 4.78 is 38.5. The number of benzene rings is 1. The van der Waals surface area contributed by atoms with Gasteiger partial charge in [0, 0.05) is 6.61 Å². The number of aliphatic hydroxyl groups excluding tert-OH is 1. The Morgan fingerprint density at radius 2 is 1.93 bits per heavy atom. The lowest BCUT2D eigenvalue weighted by molar-refractivity contribution is -0.906. The van der Waals surface area contributed by atoms with Crippen molar-refractivity contribution in [2.45, 2.75) is 49.7 Å². The third kappa shape index (κ3) is 6.23. The minimum atomic E-state index is -3.46. The molecule has 0 unspecified atom stereocenters. The number of nitrogens with zero attached hydrogens (tertiary/aromatic N) is 1. The highest BCUT2D eigenvalue weighted by molar-refractivity contribution is 7.89. The topological polar surface area (TPSA) is 80.5 Å². The zero-order valence-electron chi connectivity index (χ0n) is 17.5. The van der Waals surface area contributed by atoms with Crippen molar-refractivity contribution in [3.8, 4) is 0 Å². The Balaban J connectivity index is 1.42. The maximum atomic E-state index is 12.9. The molecular formula is C21H35N2O5S+. The van der Waals surface area contributed by atoms with Crippen LogP contribution in [0.5, 0.6) is 0 Å². The van der Waals surface area contributed by atoms with Crippen molar-refractivity contribution in [2.75, 3.05) is 52.5 Å². The largest absolute Gasteiger partial charge is 0.385 e. The molecule has 29 heavy (non-hydrogen) atoms. The molecule has 3 rings (SSSR count). The van der Waals surface area contributed by atoms with E-state index in [1.165, 1.54) is 4.90 Å². The Hall–Kier alpha value is -1.03. The summed E-state index contributed by atoms with van der Waals surface area (Å²) in [5.74, 6) is 0.375. The minimum Gasteiger partial charge on any atom is -0.385 e. The van der Waals surface area contributed by atoms with Crippen molar-refractivity contribution in [1.82, 2.24) is 4.31 Å². The Labute approximate surface area is 174 Å². The molecule has 1 aromatic carbocycles. The molecule has 2 aliphatic rings. The summed E-state index contributed by atoms with van der Waals surface area (Å²) in [6, 6.07) is 7.20. The fourth-order valence-electron chi connectivity index (χ4n) is 3.92. The van der Waals surface area contributed by atoms with Crippen molar-refractivity contribution in [3.05, 3.63) is 29.8 Å². The molecule has 0 aromatic heterocycles. The second-order valence-corrected chi connectivity index (χ2v) is 10.3. The van der Waals surface area contributed by atoms with Gasteiger partial charge in [-0.05, 0) is 36.5 Å². The number of hydrogen-bond acceptors (Lipinski definition) is 5. The molecule has 0 aliphatic carbocycles. The van der Waals surface area contributed by atoms with Gasteiger partial charge in [-0.1, -0.05) is 26.0 Å². The summed E-state index contributed by atoms with van der Waals surface area (Å²) >= 11 is 0. The molecule has 2 saturated heterocycles. The number of ether oxygens (including phenoxy) is 2. The fraction of sp³-hybridized carbons (Fsp3) is 0.714. The highest BCUT2D eigenvalue weighted by atomic mass is 32.2. The molecule has 2 heterocycles. The highest BCUT2D eigenvalue weighted by Gasteiger charge is 2.31.